The van der Waals surface area contributed by atoms with Gasteiger partial charge in [-0.15, -0.1) is 0 Å². The molecule has 1 aromatic carbocycles. The van der Waals surface area contributed by atoms with Crippen LogP contribution in [0.2, 0.25) is 5.02 Å². The highest BCUT2D eigenvalue weighted by Crippen LogP contribution is 2.28. The van der Waals surface area contributed by atoms with Crippen molar-refractivity contribution in [1.82, 2.24) is 15.5 Å². The second kappa shape index (κ2) is 4.05. The third-order valence-electron chi connectivity index (χ3n) is 2.81. The van der Waals surface area contributed by atoms with E-state index in [1.54, 1.807) is 0 Å². The highest BCUT2D eigenvalue weighted by Gasteiger charge is 2.20. The first kappa shape index (κ1) is 10.1. The fraction of sp³-hybridized carbons (Fsp3) is 0.364. The molecule has 4 nitrogen and oxygen atoms in total. The van der Waals surface area contributed by atoms with E-state index in [0.717, 1.165) is 36.3 Å². The van der Waals surface area contributed by atoms with Gasteiger partial charge in [0.05, 0.1) is 17.3 Å². The first-order valence-corrected chi connectivity index (χ1v) is 5.69. The van der Waals surface area contributed by atoms with E-state index in [4.69, 9.17) is 16.3 Å². The van der Waals surface area contributed by atoms with Crippen LogP contribution in [-0.4, -0.2) is 29.9 Å². The van der Waals surface area contributed by atoms with Crippen molar-refractivity contribution in [2.75, 3.05) is 19.7 Å². The van der Waals surface area contributed by atoms with Crippen LogP contribution < -0.4 is 5.32 Å². The minimum atomic E-state index is 0.0391. The molecule has 2 N–H and O–H groups in total. The van der Waals surface area contributed by atoms with E-state index >= 15 is 0 Å². The molecule has 5 heteroatoms. The largest absolute Gasteiger partial charge is 0.369 e. The molecular formula is C11H12ClN3O. The van der Waals surface area contributed by atoms with Crippen LogP contribution >= 0.6 is 11.6 Å². The van der Waals surface area contributed by atoms with Gasteiger partial charge in [-0.3, -0.25) is 5.10 Å². The Labute approximate surface area is 97.9 Å². The van der Waals surface area contributed by atoms with Gasteiger partial charge < -0.3 is 10.1 Å². The molecule has 0 amide bonds. The van der Waals surface area contributed by atoms with Gasteiger partial charge in [-0.1, -0.05) is 23.7 Å². The molecule has 1 atom stereocenters. The smallest absolute Gasteiger partial charge is 0.112 e. The quantitative estimate of drug-likeness (QED) is 0.796. The van der Waals surface area contributed by atoms with Gasteiger partial charge in [0.1, 0.15) is 11.6 Å². The number of para-hydroxylation sites is 1. The summed E-state index contributed by atoms with van der Waals surface area (Å²) >= 11 is 6.07. The summed E-state index contributed by atoms with van der Waals surface area (Å²) in [5.41, 5.74) is 1.82. The minimum Gasteiger partial charge on any atom is -0.369 e. The van der Waals surface area contributed by atoms with E-state index in [1.165, 1.54) is 0 Å². The molecule has 1 fully saturated rings. The highest BCUT2D eigenvalue weighted by molar-refractivity contribution is 6.35. The van der Waals surface area contributed by atoms with Crippen LogP contribution in [0.5, 0.6) is 0 Å². The first-order chi connectivity index (χ1) is 7.86. The fourth-order valence-corrected chi connectivity index (χ4v) is 2.24. The van der Waals surface area contributed by atoms with Crippen molar-refractivity contribution >= 4 is 22.5 Å². The Kier molecular flexibility index (Phi) is 2.55. The third-order valence-corrected chi connectivity index (χ3v) is 3.12. The Morgan fingerprint density at radius 3 is 3.19 bits per heavy atom. The van der Waals surface area contributed by atoms with Crippen molar-refractivity contribution in [3.05, 3.63) is 28.9 Å². The number of fused-ring (bicyclic) bond motifs is 1. The molecule has 0 saturated carbocycles. The van der Waals surface area contributed by atoms with E-state index in [9.17, 15) is 0 Å². The number of aromatic amines is 1. The topological polar surface area (TPSA) is 49.9 Å². The van der Waals surface area contributed by atoms with E-state index in [-0.39, 0.29) is 6.10 Å². The standard InChI is InChI=1S/C11H12ClN3O/c12-8-3-1-2-7-10(8)14-15-11(7)9-6-13-4-5-16-9/h1-3,9,13H,4-6H2,(H,14,15). The molecule has 16 heavy (non-hydrogen) atoms. The molecular weight excluding hydrogens is 226 g/mol. The Bertz CT molecular complexity index is 505. The van der Waals surface area contributed by atoms with Gasteiger partial charge >= 0.3 is 0 Å². The molecule has 0 bridgehead atoms. The number of hydrogen-bond acceptors (Lipinski definition) is 3. The van der Waals surface area contributed by atoms with Gasteiger partial charge in [0.25, 0.3) is 0 Å². The second-order valence-corrected chi connectivity index (χ2v) is 4.24. The Balaban J connectivity index is 2.06. The van der Waals surface area contributed by atoms with Crippen molar-refractivity contribution in [3.63, 3.8) is 0 Å². The summed E-state index contributed by atoms with van der Waals surface area (Å²) in [5.74, 6) is 0. The average Bonchev–Trinajstić information content (AvgIpc) is 2.75. The fourth-order valence-electron chi connectivity index (χ4n) is 2.02. The first-order valence-electron chi connectivity index (χ1n) is 5.31. The van der Waals surface area contributed by atoms with Crippen molar-refractivity contribution in [2.45, 2.75) is 6.10 Å². The monoisotopic (exact) mass is 237 g/mol. The van der Waals surface area contributed by atoms with Crippen molar-refractivity contribution in [1.29, 1.82) is 0 Å². The van der Waals surface area contributed by atoms with Gasteiger partial charge in [-0.25, -0.2) is 0 Å². The number of rotatable bonds is 1. The number of aromatic nitrogens is 2. The molecule has 0 aliphatic carbocycles. The third kappa shape index (κ3) is 1.59. The van der Waals surface area contributed by atoms with Crippen LogP contribution in [0.1, 0.15) is 11.8 Å². The number of halogens is 1. The summed E-state index contributed by atoms with van der Waals surface area (Å²) in [6, 6.07) is 5.78. The van der Waals surface area contributed by atoms with Crippen LogP contribution in [0.15, 0.2) is 18.2 Å². The molecule has 1 unspecified atom stereocenters. The Morgan fingerprint density at radius 2 is 2.38 bits per heavy atom. The molecule has 2 heterocycles. The summed E-state index contributed by atoms with van der Waals surface area (Å²) in [4.78, 5) is 0. The average molecular weight is 238 g/mol. The van der Waals surface area contributed by atoms with Crippen LogP contribution in [0, 0.1) is 0 Å². The zero-order valence-corrected chi connectivity index (χ0v) is 9.42. The molecule has 1 aromatic heterocycles. The van der Waals surface area contributed by atoms with E-state index in [1.807, 2.05) is 18.2 Å². The number of H-pyrrole nitrogens is 1. The number of ether oxygens (including phenoxy) is 1. The zero-order chi connectivity index (χ0) is 11.0. The maximum absolute atomic E-state index is 6.07. The zero-order valence-electron chi connectivity index (χ0n) is 8.66. The predicted molar refractivity (Wildman–Crippen MR) is 62.7 cm³/mol. The predicted octanol–water partition coefficient (Wildman–Crippen LogP) is 1.88. The normalized spacial score (nSPS) is 21.4. The molecule has 1 aliphatic rings. The van der Waals surface area contributed by atoms with Crippen molar-refractivity contribution in [2.24, 2.45) is 0 Å². The number of nitrogens with zero attached hydrogens (tertiary/aromatic N) is 1. The lowest BCUT2D eigenvalue weighted by Gasteiger charge is -2.22. The van der Waals surface area contributed by atoms with Crippen LogP contribution in [0.4, 0.5) is 0 Å². The summed E-state index contributed by atoms with van der Waals surface area (Å²) in [6.07, 6.45) is 0.0391. The van der Waals surface area contributed by atoms with Crippen molar-refractivity contribution in [3.8, 4) is 0 Å². The van der Waals surface area contributed by atoms with E-state index < -0.39 is 0 Å². The Hall–Kier alpha value is -1.10. The maximum Gasteiger partial charge on any atom is 0.112 e. The lowest BCUT2D eigenvalue weighted by Crippen LogP contribution is -2.33. The molecule has 3 rings (SSSR count). The van der Waals surface area contributed by atoms with Gasteiger partial charge in [0.2, 0.25) is 0 Å². The van der Waals surface area contributed by atoms with Gasteiger partial charge in [0.15, 0.2) is 0 Å². The molecule has 84 valence electrons. The Morgan fingerprint density at radius 1 is 1.44 bits per heavy atom. The van der Waals surface area contributed by atoms with Gasteiger partial charge in [-0.05, 0) is 6.07 Å². The molecule has 0 radical (unpaired) electrons. The number of benzene rings is 1. The maximum atomic E-state index is 6.07. The molecule has 2 aromatic rings. The lowest BCUT2D eigenvalue weighted by atomic mass is 10.1. The van der Waals surface area contributed by atoms with E-state index in [2.05, 4.69) is 15.5 Å². The van der Waals surface area contributed by atoms with Crippen LogP contribution in [-0.2, 0) is 4.74 Å². The summed E-state index contributed by atoms with van der Waals surface area (Å²) in [6.45, 7) is 2.44. The molecule has 1 saturated heterocycles. The number of hydrogen-bond donors (Lipinski definition) is 2. The number of morpholine rings is 1. The molecule has 1 aliphatic heterocycles. The van der Waals surface area contributed by atoms with Crippen LogP contribution in [0.25, 0.3) is 10.9 Å². The van der Waals surface area contributed by atoms with Gasteiger partial charge in [0, 0.05) is 18.5 Å². The SMILES string of the molecule is Clc1cccc2c(C3CNCCO3)[nH]nc12. The number of nitrogens with one attached hydrogen (secondary N) is 2. The second-order valence-electron chi connectivity index (χ2n) is 3.84. The van der Waals surface area contributed by atoms with Crippen LogP contribution in [0.3, 0.4) is 0 Å². The summed E-state index contributed by atoms with van der Waals surface area (Å²) in [5, 5.41) is 12.3. The summed E-state index contributed by atoms with van der Waals surface area (Å²) < 4.78 is 5.69. The highest BCUT2D eigenvalue weighted by atomic mass is 35.5. The van der Waals surface area contributed by atoms with Crippen molar-refractivity contribution < 1.29 is 4.74 Å². The minimum absolute atomic E-state index is 0.0391. The van der Waals surface area contributed by atoms with Gasteiger partial charge in [-0.2, -0.15) is 5.10 Å². The summed E-state index contributed by atoms with van der Waals surface area (Å²) in [7, 11) is 0. The van der Waals surface area contributed by atoms with E-state index in [0.29, 0.717) is 5.02 Å². The molecule has 0 spiro atoms. The lowest BCUT2D eigenvalue weighted by molar-refractivity contribution is 0.0258.